The van der Waals surface area contributed by atoms with Gasteiger partial charge in [0.05, 0.1) is 11.8 Å². The highest BCUT2D eigenvalue weighted by Gasteiger charge is 2.15. The third-order valence-corrected chi connectivity index (χ3v) is 4.91. The lowest BCUT2D eigenvalue weighted by molar-refractivity contribution is -0.137. The molecule has 1 aliphatic rings. The lowest BCUT2D eigenvalue weighted by Crippen LogP contribution is -2.09. The maximum atomic E-state index is 12.9. The fourth-order valence-corrected chi connectivity index (χ4v) is 3.30. The Morgan fingerprint density at radius 1 is 1.30 bits per heavy atom. The zero-order valence-electron chi connectivity index (χ0n) is 15.9. The van der Waals surface area contributed by atoms with Crippen LogP contribution in [0.15, 0.2) is 29.3 Å². The summed E-state index contributed by atoms with van der Waals surface area (Å²) < 4.78 is 12.9. The van der Waals surface area contributed by atoms with Gasteiger partial charge in [0, 0.05) is 12.6 Å². The molecule has 6 heteroatoms. The molecule has 27 heavy (non-hydrogen) atoms. The number of hydrogen-bond acceptors (Lipinski definition) is 4. The summed E-state index contributed by atoms with van der Waals surface area (Å²) in [7, 11) is 0. The van der Waals surface area contributed by atoms with E-state index in [1.807, 2.05) is 0 Å². The Bertz CT molecular complexity index is 562. The van der Waals surface area contributed by atoms with E-state index in [-0.39, 0.29) is 5.82 Å². The predicted octanol–water partition coefficient (Wildman–Crippen LogP) is 5.42. The van der Waals surface area contributed by atoms with Crippen LogP contribution in [0.1, 0.15) is 64.2 Å². The molecule has 1 unspecified atom stereocenters. The van der Waals surface area contributed by atoms with Crippen LogP contribution in [0.2, 0.25) is 0 Å². The van der Waals surface area contributed by atoms with Gasteiger partial charge in [0.15, 0.2) is 0 Å². The molecule has 1 atom stereocenters. The fourth-order valence-electron chi connectivity index (χ4n) is 3.07. The molecule has 0 heterocycles. The van der Waals surface area contributed by atoms with Gasteiger partial charge in [-0.05, 0) is 55.6 Å². The molecule has 152 valence electrons. The molecule has 0 saturated heterocycles. The topological polar surface area (TPSA) is 69.9 Å². The van der Waals surface area contributed by atoms with Gasteiger partial charge in [-0.15, -0.1) is 0 Å². The van der Waals surface area contributed by atoms with E-state index in [9.17, 15) is 14.3 Å². The second-order valence-electron chi connectivity index (χ2n) is 6.98. The highest BCUT2D eigenvalue weighted by Crippen LogP contribution is 2.28. The van der Waals surface area contributed by atoms with Crippen LogP contribution < -0.4 is 0 Å². The van der Waals surface area contributed by atoms with Gasteiger partial charge in [0.25, 0.3) is 0 Å². The number of unbranched alkanes of at least 4 members (excludes halogenated alkanes) is 2. The standard InChI is InChI=1S/C15H20FNO.C6H12O2S/c16-13-6-3-7-14(10-13)17-11-15(18)9-8-12-4-1-2-5-12;7-6(8)4-2-1-3-5-9/h3,6-7,10-12,15,18H,1-2,4-5,8-9H2;9H,1-5H2,(H,7,8). The summed E-state index contributed by atoms with van der Waals surface area (Å²) in [4.78, 5) is 14.0. The molecule has 1 aromatic carbocycles. The van der Waals surface area contributed by atoms with Crippen LogP contribution in [0.4, 0.5) is 10.1 Å². The van der Waals surface area contributed by atoms with Crippen LogP contribution in [-0.2, 0) is 4.79 Å². The Morgan fingerprint density at radius 3 is 2.67 bits per heavy atom. The van der Waals surface area contributed by atoms with Crippen LogP contribution in [0.5, 0.6) is 0 Å². The van der Waals surface area contributed by atoms with E-state index in [0.717, 1.165) is 43.8 Å². The number of benzene rings is 1. The van der Waals surface area contributed by atoms with Crippen molar-refractivity contribution >= 4 is 30.5 Å². The number of halogens is 1. The Balaban J connectivity index is 0.000000345. The summed E-state index contributed by atoms with van der Waals surface area (Å²) in [5.74, 6) is 0.640. The van der Waals surface area contributed by atoms with Crippen molar-refractivity contribution in [2.45, 2.75) is 70.3 Å². The molecule has 1 saturated carbocycles. The highest BCUT2D eigenvalue weighted by molar-refractivity contribution is 7.80. The molecule has 1 aliphatic carbocycles. The maximum Gasteiger partial charge on any atom is 0.303 e. The smallest absolute Gasteiger partial charge is 0.303 e. The summed E-state index contributed by atoms with van der Waals surface area (Å²) in [5, 5.41) is 18.0. The van der Waals surface area contributed by atoms with Gasteiger partial charge < -0.3 is 10.2 Å². The molecule has 0 bridgehead atoms. The minimum absolute atomic E-state index is 0.299. The van der Waals surface area contributed by atoms with Gasteiger partial charge in [-0.2, -0.15) is 12.6 Å². The first-order valence-corrected chi connectivity index (χ1v) is 10.4. The zero-order valence-corrected chi connectivity index (χ0v) is 16.8. The summed E-state index contributed by atoms with van der Waals surface area (Å²) in [6, 6.07) is 6.09. The van der Waals surface area contributed by atoms with Crippen LogP contribution >= 0.6 is 12.6 Å². The third-order valence-electron chi connectivity index (χ3n) is 4.60. The minimum atomic E-state index is -0.700. The molecule has 2 N–H and O–H groups in total. The average Bonchev–Trinajstić information content (AvgIpc) is 3.16. The first-order chi connectivity index (χ1) is 13.0. The normalized spacial score (nSPS) is 15.5. The number of rotatable bonds is 10. The van der Waals surface area contributed by atoms with Gasteiger partial charge >= 0.3 is 5.97 Å². The van der Waals surface area contributed by atoms with Crippen molar-refractivity contribution in [3.05, 3.63) is 30.1 Å². The molecule has 0 aromatic heterocycles. The second-order valence-corrected chi connectivity index (χ2v) is 7.43. The van der Waals surface area contributed by atoms with Crippen molar-refractivity contribution in [1.29, 1.82) is 0 Å². The van der Waals surface area contributed by atoms with Gasteiger partial charge in [0.2, 0.25) is 0 Å². The molecule has 0 radical (unpaired) electrons. The molecule has 4 nitrogen and oxygen atoms in total. The van der Waals surface area contributed by atoms with Gasteiger partial charge in [0.1, 0.15) is 5.82 Å². The number of carboxylic acid groups (broad SMARTS) is 1. The van der Waals surface area contributed by atoms with Crippen molar-refractivity contribution in [1.82, 2.24) is 0 Å². The van der Waals surface area contributed by atoms with Crippen molar-refractivity contribution in [2.75, 3.05) is 5.75 Å². The summed E-state index contributed by atoms with van der Waals surface area (Å²) in [5.41, 5.74) is 0.551. The third kappa shape index (κ3) is 12.6. The molecule has 0 amide bonds. The number of nitrogens with zero attached hydrogens (tertiary/aromatic N) is 1. The quantitative estimate of drug-likeness (QED) is 0.280. The fraction of sp³-hybridized carbons (Fsp3) is 0.619. The number of aliphatic carboxylic acids is 1. The number of aliphatic hydroxyl groups excluding tert-OH is 1. The molecule has 0 aliphatic heterocycles. The minimum Gasteiger partial charge on any atom is -0.481 e. The SMILES string of the molecule is O=C(O)CCCCCS.OC(C=Nc1cccc(F)c1)CCC1CCCC1. The largest absolute Gasteiger partial charge is 0.481 e. The zero-order chi connectivity index (χ0) is 19.9. The van der Waals surface area contributed by atoms with Gasteiger partial charge in [-0.25, -0.2) is 4.39 Å². The Morgan fingerprint density at radius 2 is 2.04 bits per heavy atom. The highest BCUT2D eigenvalue weighted by atomic mass is 32.1. The number of carboxylic acids is 1. The molecule has 2 rings (SSSR count). The maximum absolute atomic E-state index is 12.9. The summed E-state index contributed by atoms with van der Waals surface area (Å²) in [6.07, 6.45) is 11.2. The van der Waals surface area contributed by atoms with Crippen molar-refractivity contribution < 1.29 is 19.4 Å². The number of thiol groups is 1. The predicted molar refractivity (Wildman–Crippen MR) is 112 cm³/mol. The molecular weight excluding hydrogens is 365 g/mol. The van der Waals surface area contributed by atoms with E-state index >= 15 is 0 Å². The number of carbonyl (C=O) groups is 1. The molecule has 1 fully saturated rings. The van der Waals surface area contributed by atoms with Crippen molar-refractivity contribution in [2.24, 2.45) is 10.9 Å². The first kappa shape index (κ1) is 23.6. The molecule has 0 spiro atoms. The number of aliphatic hydroxyl groups is 1. The Kier molecular flexibility index (Phi) is 12.8. The van der Waals surface area contributed by atoms with Crippen molar-refractivity contribution in [3.63, 3.8) is 0 Å². The van der Waals surface area contributed by atoms with Gasteiger partial charge in [-0.1, -0.05) is 38.2 Å². The lowest BCUT2D eigenvalue weighted by atomic mass is 10.00. The average molecular weight is 398 g/mol. The Hall–Kier alpha value is -1.40. The van der Waals surface area contributed by atoms with E-state index in [4.69, 9.17) is 5.11 Å². The summed E-state index contributed by atoms with van der Waals surface area (Å²) >= 11 is 4.00. The second kappa shape index (κ2) is 14.6. The van der Waals surface area contributed by atoms with E-state index in [1.165, 1.54) is 44.0 Å². The van der Waals surface area contributed by atoms with E-state index in [2.05, 4.69) is 17.6 Å². The molecule has 1 aromatic rings. The van der Waals surface area contributed by atoms with Crippen LogP contribution in [-0.4, -0.2) is 34.3 Å². The number of hydrogen-bond donors (Lipinski definition) is 3. The molecular formula is C21H32FNO3S. The van der Waals surface area contributed by atoms with E-state index in [1.54, 1.807) is 12.1 Å². The van der Waals surface area contributed by atoms with Crippen LogP contribution in [0.25, 0.3) is 0 Å². The van der Waals surface area contributed by atoms with Crippen LogP contribution in [0.3, 0.4) is 0 Å². The van der Waals surface area contributed by atoms with Crippen molar-refractivity contribution in [3.8, 4) is 0 Å². The van der Waals surface area contributed by atoms with Crippen LogP contribution in [0, 0.1) is 11.7 Å². The van der Waals surface area contributed by atoms with E-state index < -0.39 is 12.1 Å². The Labute approximate surface area is 167 Å². The summed E-state index contributed by atoms with van der Waals surface area (Å²) in [6.45, 7) is 0. The number of aliphatic imine (C=N–C) groups is 1. The monoisotopic (exact) mass is 397 g/mol. The van der Waals surface area contributed by atoms with Gasteiger partial charge in [-0.3, -0.25) is 9.79 Å². The lowest BCUT2D eigenvalue weighted by Gasteiger charge is -2.10. The van der Waals surface area contributed by atoms with E-state index in [0.29, 0.717) is 12.1 Å². The first-order valence-electron chi connectivity index (χ1n) is 9.81.